The van der Waals surface area contributed by atoms with Gasteiger partial charge in [0.1, 0.15) is 11.6 Å². The fraction of sp³-hybridized carbons (Fsp3) is 0.269. The number of carbonyl (C=O) groups is 2. The second-order valence-electron chi connectivity index (χ2n) is 9.12. The van der Waals surface area contributed by atoms with E-state index >= 15 is 0 Å². The SMILES string of the molecule is O=C(CN1C[C@@H]2C[C@H]1CO2)Nc1cc(NC(=O)c2cccnc2)c(-c2cc(F)cc(F)c2)cc1OC(F)(F)F. The molecule has 2 aromatic carbocycles. The van der Waals surface area contributed by atoms with Crippen LogP contribution < -0.4 is 15.4 Å². The highest BCUT2D eigenvalue weighted by Crippen LogP contribution is 2.40. The maximum Gasteiger partial charge on any atom is 0.573 e. The number of benzene rings is 2. The molecule has 2 atom stereocenters. The maximum absolute atomic E-state index is 14.0. The molecule has 3 heterocycles. The lowest BCUT2D eigenvalue weighted by Crippen LogP contribution is -2.41. The Morgan fingerprint density at radius 1 is 1.08 bits per heavy atom. The summed E-state index contributed by atoms with van der Waals surface area (Å²) in [5.74, 6) is -4.14. The molecule has 3 aromatic rings. The van der Waals surface area contributed by atoms with E-state index in [1.807, 2.05) is 4.90 Å². The molecule has 1 aromatic heterocycles. The van der Waals surface area contributed by atoms with Gasteiger partial charge in [-0.2, -0.15) is 0 Å². The van der Waals surface area contributed by atoms with Gasteiger partial charge in [-0.25, -0.2) is 8.78 Å². The van der Waals surface area contributed by atoms with Crippen LogP contribution in [0.4, 0.5) is 33.3 Å². The van der Waals surface area contributed by atoms with Crippen LogP contribution in [0.1, 0.15) is 16.8 Å². The van der Waals surface area contributed by atoms with Gasteiger partial charge in [-0.05, 0) is 48.4 Å². The standard InChI is InChI=1S/C26H21F5N4O4/c27-16-4-15(5-17(28)6-16)20-8-23(39-26(29,30)31)22(9-21(20)34-25(37)14-2-1-3-32-10-14)33-24(36)12-35-11-19-7-18(35)13-38-19/h1-6,8-10,18-19H,7,11-13H2,(H,33,36)(H,34,37)/t18-,19-/m0/s1. The lowest BCUT2D eigenvalue weighted by atomic mass is 10.0. The number of hydrogen-bond donors (Lipinski definition) is 2. The molecule has 2 N–H and O–H groups in total. The van der Waals surface area contributed by atoms with Gasteiger partial charge in [-0.15, -0.1) is 13.2 Å². The van der Waals surface area contributed by atoms with Gasteiger partial charge in [0, 0.05) is 36.6 Å². The number of rotatable bonds is 7. The summed E-state index contributed by atoms with van der Waals surface area (Å²) in [5.41, 5.74) is -0.780. The zero-order valence-corrected chi connectivity index (χ0v) is 20.1. The molecular formula is C26H21F5N4O4. The lowest BCUT2D eigenvalue weighted by molar-refractivity contribution is -0.274. The molecule has 2 bridgehead atoms. The van der Waals surface area contributed by atoms with Crippen molar-refractivity contribution in [1.29, 1.82) is 0 Å². The number of morpholine rings is 1. The highest BCUT2D eigenvalue weighted by molar-refractivity contribution is 6.07. The molecule has 0 unspecified atom stereocenters. The Labute approximate surface area is 218 Å². The van der Waals surface area contributed by atoms with Crippen LogP contribution in [0.15, 0.2) is 54.9 Å². The Hall–Kier alpha value is -4.10. The van der Waals surface area contributed by atoms with Gasteiger partial charge in [-0.3, -0.25) is 19.5 Å². The van der Waals surface area contributed by atoms with Crippen LogP contribution in [-0.2, 0) is 9.53 Å². The molecular weight excluding hydrogens is 527 g/mol. The summed E-state index contributed by atoms with van der Waals surface area (Å²) in [6, 6.07) is 7.24. The van der Waals surface area contributed by atoms with E-state index in [9.17, 15) is 31.5 Å². The molecule has 0 spiro atoms. The molecule has 13 heteroatoms. The summed E-state index contributed by atoms with van der Waals surface area (Å²) in [6.45, 7) is 0.870. The zero-order chi connectivity index (χ0) is 27.7. The summed E-state index contributed by atoms with van der Waals surface area (Å²) < 4.78 is 77.7. The monoisotopic (exact) mass is 548 g/mol. The third-order valence-electron chi connectivity index (χ3n) is 6.33. The number of likely N-dealkylation sites (tertiary alicyclic amines) is 1. The fourth-order valence-electron chi connectivity index (χ4n) is 4.68. The number of amides is 2. The molecule has 2 saturated heterocycles. The summed E-state index contributed by atoms with van der Waals surface area (Å²) in [4.78, 5) is 31.4. The first-order valence-electron chi connectivity index (χ1n) is 11.8. The average molecular weight is 548 g/mol. The fourth-order valence-corrected chi connectivity index (χ4v) is 4.68. The number of hydrogen-bond acceptors (Lipinski definition) is 6. The molecule has 2 aliphatic rings. The molecule has 2 fully saturated rings. The first-order valence-corrected chi connectivity index (χ1v) is 11.8. The molecule has 5 rings (SSSR count). The predicted molar refractivity (Wildman–Crippen MR) is 129 cm³/mol. The number of nitrogens with zero attached hydrogens (tertiary/aromatic N) is 2. The normalized spacial score (nSPS) is 18.7. The van der Waals surface area contributed by atoms with Gasteiger partial charge in [0.05, 0.1) is 36.2 Å². The predicted octanol–water partition coefficient (Wildman–Crippen LogP) is 4.59. The number of alkyl halides is 3. The van der Waals surface area contributed by atoms with E-state index < -0.39 is 41.2 Å². The van der Waals surface area contributed by atoms with E-state index in [-0.39, 0.29) is 41.1 Å². The van der Waals surface area contributed by atoms with Crippen LogP contribution in [-0.4, -0.2) is 59.9 Å². The van der Waals surface area contributed by atoms with Crippen molar-refractivity contribution in [2.24, 2.45) is 0 Å². The minimum atomic E-state index is -5.16. The van der Waals surface area contributed by atoms with Crippen molar-refractivity contribution in [2.45, 2.75) is 24.9 Å². The topological polar surface area (TPSA) is 92.8 Å². The first-order chi connectivity index (χ1) is 18.5. The van der Waals surface area contributed by atoms with E-state index in [4.69, 9.17) is 4.74 Å². The van der Waals surface area contributed by atoms with E-state index in [2.05, 4.69) is 20.4 Å². The molecule has 0 saturated carbocycles. The highest BCUT2D eigenvalue weighted by Gasteiger charge is 2.40. The Morgan fingerprint density at radius 3 is 2.46 bits per heavy atom. The largest absolute Gasteiger partial charge is 0.573 e. The highest BCUT2D eigenvalue weighted by atomic mass is 19.4. The van der Waals surface area contributed by atoms with Gasteiger partial charge < -0.3 is 20.1 Å². The number of aromatic nitrogens is 1. The van der Waals surface area contributed by atoms with Crippen molar-refractivity contribution in [3.63, 3.8) is 0 Å². The lowest BCUT2D eigenvalue weighted by Gasteiger charge is -2.26. The van der Waals surface area contributed by atoms with Crippen molar-refractivity contribution in [3.8, 4) is 16.9 Å². The molecule has 39 heavy (non-hydrogen) atoms. The summed E-state index contributed by atoms with van der Waals surface area (Å²) >= 11 is 0. The van der Waals surface area contributed by atoms with Crippen LogP contribution in [0.5, 0.6) is 5.75 Å². The van der Waals surface area contributed by atoms with E-state index in [1.54, 1.807) is 0 Å². The first kappa shape index (κ1) is 26.5. The molecule has 2 amide bonds. The smallest absolute Gasteiger partial charge is 0.404 e. The van der Waals surface area contributed by atoms with Crippen molar-refractivity contribution >= 4 is 23.2 Å². The zero-order valence-electron chi connectivity index (χ0n) is 20.1. The summed E-state index contributed by atoms with van der Waals surface area (Å²) in [6.07, 6.45) is -1.69. The number of anilines is 2. The Kier molecular flexibility index (Phi) is 7.19. The number of pyridine rings is 1. The molecule has 2 aliphatic heterocycles. The number of fused-ring (bicyclic) bond motifs is 2. The van der Waals surface area contributed by atoms with Crippen LogP contribution in [0.25, 0.3) is 11.1 Å². The van der Waals surface area contributed by atoms with Crippen LogP contribution in [0, 0.1) is 11.6 Å². The van der Waals surface area contributed by atoms with Crippen molar-refractivity contribution in [1.82, 2.24) is 9.88 Å². The van der Waals surface area contributed by atoms with Gasteiger partial charge in [0.25, 0.3) is 5.91 Å². The van der Waals surface area contributed by atoms with Crippen molar-refractivity contribution in [2.75, 3.05) is 30.3 Å². The molecule has 0 radical (unpaired) electrons. The quantitative estimate of drug-likeness (QED) is 0.420. The summed E-state index contributed by atoms with van der Waals surface area (Å²) in [5, 5.41) is 4.94. The second kappa shape index (κ2) is 10.6. The van der Waals surface area contributed by atoms with Gasteiger partial charge in [0.15, 0.2) is 5.75 Å². The minimum absolute atomic E-state index is 0.00663. The maximum atomic E-state index is 14.0. The third-order valence-corrected chi connectivity index (χ3v) is 6.33. The molecule has 8 nitrogen and oxygen atoms in total. The van der Waals surface area contributed by atoms with Crippen molar-refractivity contribution in [3.05, 3.63) is 72.1 Å². The number of halogens is 5. The van der Waals surface area contributed by atoms with Gasteiger partial charge in [-0.1, -0.05) is 0 Å². The van der Waals surface area contributed by atoms with Crippen LogP contribution in [0.2, 0.25) is 0 Å². The minimum Gasteiger partial charge on any atom is -0.404 e. The van der Waals surface area contributed by atoms with Crippen LogP contribution >= 0.6 is 0 Å². The molecule has 0 aliphatic carbocycles. The Bertz CT molecular complexity index is 1380. The molecule has 204 valence electrons. The van der Waals surface area contributed by atoms with Gasteiger partial charge >= 0.3 is 6.36 Å². The Balaban J connectivity index is 1.53. The number of carbonyl (C=O) groups excluding carboxylic acids is 2. The number of nitrogens with one attached hydrogen (secondary N) is 2. The van der Waals surface area contributed by atoms with Gasteiger partial charge in [0.2, 0.25) is 5.91 Å². The van der Waals surface area contributed by atoms with E-state index in [1.165, 1.54) is 24.5 Å². The number of ether oxygens (including phenoxy) is 2. The second-order valence-corrected chi connectivity index (χ2v) is 9.12. The summed E-state index contributed by atoms with van der Waals surface area (Å²) in [7, 11) is 0. The third kappa shape index (κ3) is 6.32. The van der Waals surface area contributed by atoms with E-state index in [0.717, 1.165) is 30.7 Å². The van der Waals surface area contributed by atoms with E-state index in [0.29, 0.717) is 19.2 Å². The average Bonchev–Trinajstić information content (AvgIpc) is 3.48. The van der Waals surface area contributed by atoms with Crippen molar-refractivity contribution < 1.29 is 41.0 Å². The van der Waals surface area contributed by atoms with Crippen LogP contribution in [0.3, 0.4) is 0 Å². The Morgan fingerprint density at radius 2 is 1.85 bits per heavy atom.